The van der Waals surface area contributed by atoms with Gasteiger partial charge >= 0.3 is 0 Å². The molecular formula is C17H23N3O. The van der Waals surface area contributed by atoms with Crippen LogP contribution >= 0.6 is 0 Å². The summed E-state index contributed by atoms with van der Waals surface area (Å²) < 4.78 is 5.65. The first-order valence-electron chi connectivity index (χ1n) is 7.79. The van der Waals surface area contributed by atoms with Gasteiger partial charge in [-0.05, 0) is 37.3 Å². The Morgan fingerprint density at radius 1 is 1.29 bits per heavy atom. The first kappa shape index (κ1) is 14.1. The lowest BCUT2D eigenvalue weighted by atomic mass is 9.78. The fourth-order valence-corrected chi connectivity index (χ4v) is 3.57. The number of benzene rings is 1. The summed E-state index contributed by atoms with van der Waals surface area (Å²) in [5, 5.41) is 4.18. The smallest absolute Gasteiger partial charge is 0.233 e. The van der Waals surface area contributed by atoms with Crippen molar-refractivity contribution in [3.63, 3.8) is 0 Å². The lowest BCUT2D eigenvalue weighted by Crippen LogP contribution is -2.24. The van der Waals surface area contributed by atoms with E-state index < -0.39 is 0 Å². The number of hydrogen-bond acceptors (Lipinski definition) is 4. The zero-order valence-electron chi connectivity index (χ0n) is 12.8. The van der Waals surface area contributed by atoms with Crippen molar-refractivity contribution in [2.75, 3.05) is 5.73 Å². The zero-order chi connectivity index (χ0) is 14.9. The van der Waals surface area contributed by atoms with Gasteiger partial charge in [0, 0.05) is 16.7 Å². The van der Waals surface area contributed by atoms with Gasteiger partial charge < -0.3 is 10.3 Å². The third-order valence-electron chi connectivity index (χ3n) is 4.38. The Labute approximate surface area is 125 Å². The van der Waals surface area contributed by atoms with E-state index in [1.165, 1.54) is 12.8 Å². The van der Waals surface area contributed by atoms with E-state index in [-0.39, 0.29) is 5.41 Å². The summed E-state index contributed by atoms with van der Waals surface area (Å²) in [4.78, 5) is 4.70. The van der Waals surface area contributed by atoms with Crippen LogP contribution in [-0.2, 0) is 5.41 Å². The maximum Gasteiger partial charge on any atom is 0.233 e. The molecule has 0 aliphatic heterocycles. The molecule has 0 radical (unpaired) electrons. The number of nitrogen functional groups attached to an aromatic ring is 1. The number of hydrogen-bond donors (Lipinski definition) is 1. The zero-order valence-corrected chi connectivity index (χ0v) is 12.8. The highest BCUT2D eigenvalue weighted by atomic mass is 16.5. The van der Waals surface area contributed by atoms with Gasteiger partial charge in [0.15, 0.2) is 0 Å². The van der Waals surface area contributed by atoms with Crippen LogP contribution in [0.1, 0.15) is 51.8 Å². The van der Waals surface area contributed by atoms with Gasteiger partial charge in [0.1, 0.15) is 0 Å². The minimum absolute atomic E-state index is 0.0831. The van der Waals surface area contributed by atoms with Crippen LogP contribution in [0, 0.1) is 5.92 Å². The Kier molecular flexibility index (Phi) is 3.70. The minimum atomic E-state index is 0.0831. The molecule has 0 atom stereocenters. The van der Waals surface area contributed by atoms with Gasteiger partial charge in [-0.3, -0.25) is 0 Å². The van der Waals surface area contributed by atoms with Gasteiger partial charge in [-0.2, -0.15) is 4.98 Å². The molecule has 1 heterocycles. The van der Waals surface area contributed by atoms with Crippen molar-refractivity contribution >= 4 is 5.69 Å². The molecule has 2 N–H and O–H groups in total. The van der Waals surface area contributed by atoms with E-state index in [1.807, 2.05) is 24.3 Å². The summed E-state index contributed by atoms with van der Waals surface area (Å²) in [7, 11) is 0. The highest BCUT2D eigenvalue weighted by Crippen LogP contribution is 2.45. The number of rotatable bonds is 4. The van der Waals surface area contributed by atoms with Crippen LogP contribution in [0.4, 0.5) is 5.69 Å². The molecule has 1 aromatic carbocycles. The van der Waals surface area contributed by atoms with E-state index in [0.717, 1.165) is 36.4 Å². The summed E-state index contributed by atoms with van der Waals surface area (Å²) in [6.45, 7) is 4.52. The molecule has 1 saturated carbocycles. The molecule has 0 amide bonds. The van der Waals surface area contributed by atoms with Crippen LogP contribution in [0.5, 0.6) is 0 Å². The van der Waals surface area contributed by atoms with Gasteiger partial charge in [0.05, 0.1) is 0 Å². The average molecular weight is 285 g/mol. The second-order valence-electron chi connectivity index (χ2n) is 6.63. The molecule has 1 aromatic heterocycles. The van der Waals surface area contributed by atoms with Crippen LogP contribution in [0.2, 0.25) is 0 Å². The van der Waals surface area contributed by atoms with E-state index in [2.05, 4.69) is 19.0 Å². The molecule has 112 valence electrons. The summed E-state index contributed by atoms with van der Waals surface area (Å²) in [6, 6.07) is 7.63. The van der Waals surface area contributed by atoms with Crippen LogP contribution < -0.4 is 5.73 Å². The van der Waals surface area contributed by atoms with E-state index in [1.54, 1.807) is 0 Å². The molecule has 1 aliphatic carbocycles. The molecule has 4 nitrogen and oxygen atoms in total. The molecule has 3 rings (SSSR count). The van der Waals surface area contributed by atoms with Crippen molar-refractivity contribution in [3.8, 4) is 11.4 Å². The Morgan fingerprint density at radius 2 is 2.05 bits per heavy atom. The second kappa shape index (κ2) is 5.51. The molecular weight excluding hydrogens is 262 g/mol. The van der Waals surface area contributed by atoms with Crippen molar-refractivity contribution in [2.24, 2.45) is 5.92 Å². The normalized spacial score (nSPS) is 17.5. The van der Waals surface area contributed by atoms with E-state index in [9.17, 15) is 0 Å². The first-order chi connectivity index (χ1) is 10.1. The fraction of sp³-hybridized carbons (Fsp3) is 0.529. The third-order valence-corrected chi connectivity index (χ3v) is 4.38. The van der Waals surface area contributed by atoms with Gasteiger partial charge in [0.2, 0.25) is 11.7 Å². The third kappa shape index (κ3) is 2.80. The van der Waals surface area contributed by atoms with Gasteiger partial charge in [-0.25, -0.2) is 0 Å². The highest BCUT2D eigenvalue weighted by molar-refractivity contribution is 5.60. The Hall–Kier alpha value is -1.84. The van der Waals surface area contributed by atoms with Crippen molar-refractivity contribution in [3.05, 3.63) is 30.2 Å². The first-order valence-corrected chi connectivity index (χ1v) is 7.79. The predicted molar refractivity (Wildman–Crippen MR) is 83.7 cm³/mol. The van der Waals surface area contributed by atoms with E-state index in [0.29, 0.717) is 11.7 Å². The molecule has 0 spiro atoms. The van der Waals surface area contributed by atoms with Gasteiger partial charge in [0.25, 0.3) is 0 Å². The second-order valence-corrected chi connectivity index (χ2v) is 6.63. The average Bonchev–Trinajstić information content (AvgIpc) is 3.07. The molecule has 1 aliphatic rings. The number of nitrogens with zero attached hydrogens (tertiary/aromatic N) is 2. The quantitative estimate of drug-likeness (QED) is 0.856. The molecule has 0 unspecified atom stereocenters. The van der Waals surface area contributed by atoms with Crippen molar-refractivity contribution in [1.29, 1.82) is 0 Å². The lowest BCUT2D eigenvalue weighted by molar-refractivity contribution is 0.244. The number of nitrogens with two attached hydrogens (primary N) is 1. The molecule has 4 heteroatoms. The summed E-state index contributed by atoms with van der Waals surface area (Å²) in [5.74, 6) is 2.09. The topological polar surface area (TPSA) is 64.9 Å². The Balaban J connectivity index is 1.93. The van der Waals surface area contributed by atoms with Crippen molar-refractivity contribution in [2.45, 2.75) is 51.4 Å². The summed E-state index contributed by atoms with van der Waals surface area (Å²) >= 11 is 0. The maximum atomic E-state index is 5.83. The summed E-state index contributed by atoms with van der Waals surface area (Å²) in [5.41, 5.74) is 7.55. The molecule has 2 aromatic rings. The lowest BCUT2D eigenvalue weighted by Gasteiger charge is -2.26. The van der Waals surface area contributed by atoms with Gasteiger partial charge in [-0.1, -0.05) is 44.0 Å². The standard InChI is InChI=1S/C17H23N3O/c1-12(2)11-17(8-3-4-9-17)16-19-15(20-21-16)13-6-5-7-14(18)10-13/h5-7,10,12H,3-4,8-9,11,18H2,1-2H3. The van der Waals surface area contributed by atoms with Crippen LogP contribution in [0.3, 0.4) is 0 Å². The monoisotopic (exact) mass is 285 g/mol. The summed E-state index contributed by atoms with van der Waals surface area (Å²) in [6.07, 6.45) is 5.94. The Bertz CT molecular complexity index is 612. The van der Waals surface area contributed by atoms with Crippen LogP contribution in [0.15, 0.2) is 28.8 Å². The number of aromatic nitrogens is 2. The molecule has 0 saturated heterocycles. The fourth-order valence-electron chi connectivity index (χ4n) is 3.57. The predicted octanol–water partition coefficient (Wildman–Crippen LogP) is 4.18. The van der Waals surface area contributed by atoms with Crippen molar-refractivity contribution < 1.29 is 4.52 Å². The highest BCUT2D eigenvalue weighted by Gasteiger charge is 2.41. The number of anilines is 1. The SMILES string of the molecule is CC(C)CC1(c2nc(-c3cccc(N)c3)no2)CCCC1. The molecule has 1 fully saturated rings. The van der Waals surface area contributed by atoms with Crippen LogP contribution in [-0.4, -0.2) is 10.1 Å². The molecule has 21 heavy (non-hydrogen) atoms. The van der Waals surface area contributed by atoms with Crippen molar-refractivity contribution in [1.82, 2.24) is 10.1 Å². The van der Waals surface area contributed by atoms with Gasteiger partial charge in [-0.15, -0.1) is 0 Å². The largest absolute Gasteiger partial charge is 0.399 e. The van der Waals surface area contributed by atoms with E-state index >= 15 is 0 Å². The molecule has 0 bridgehead atoms. The van der Waals surface area contributed by atoms with Crippen LogP contribution in [0.25, 0.3) is 11.4 Å². The maximum absolute atomic E-state index is 5.83. The minimum Gasteiger partial charge on any atom is -0.399 e. The Morgan fingerprint density at radius 3 is 2.71 bits per heavy atom. The van der Waals surface area contributed by atoms with E-state index in [4.69, 9.17) is 15.2 Å².